The predicted molar refractivity (Wildman–Crippen MR) is 64.8 cm³/mol. The molecule has 0 spiro atoms. The van der Waals surface area contributed by atoms with Gasteiger partial charge in [0, 0.05) is 40.0 Å². The standard InChI is InChI=1S/C10H22N2O4S/c1-16-7-3-5-11-17(14,15)12-6-2-4-10(8-12)9-13/h10-11,13H,2-9H2,1H3. The molecule has 1 heterocycles. The minimum atomic E-state index is -3.39. The largest absolute Gasteiger partial charge is 0.396 e. The second kappa shape index (κ2) is 7.27. The Morgan fingerprint density at radius 2 is 2.29 bits per heavy atom. The summed E-state index contributed by atoms with van der Waals surface area (Å²) in [6, 6.07) is 0. The van der Waals surface area contributed by atoms with Crippen molar-refractivity contribution in [2.24, 2.45) is 5.92 Å². The van der Waals surface area contributed by atoms with E-state index >= 15 is 0 Å². The summed E-state index contributed by atoms with van der Waals surface area (Å²) in [5.74, 6) is 0.0688. The van der Waals surface area contributed by atoms with E-state index in [0.29, 0.717) is 32.7 Å². The lowest BCUT2D eigenvalue weighted by molar-refractivity contribution is 0.164. The van der Waals surface area contributed by atoms with E-state index in [1.165, 1.54) is 4.31 Å². The minimum absolute atomic E-state index is 0.0513. The van der Waals surface area contributed by atoms with Crippen molar-refractivity contribution in [1.29, 1.82) is 0 Å². The van der Waals surface area contributed by atoms with Crippen LogP contribution in [0.5, 0.6) is 0 Å². The van der Waals surface area contributed by atoms with E-state index in [-0.39, 0.29) is 12.5 Å². The highest BCUT2D eigenvalue weighted by Crippen LogP contribution is 2.17. The Kier molecular flexibility index (Phi) is 6.35. The van der Waals surface area contributed by atoms with Crippen LogP contribution in [0.1, 0.15) is 19.3 Å². The maximum absolute atomic E-state index is 11.9. The molecule has 7 heteroatoms. The van der Waals surface area contributed by atoms with Gasteiger partial charge in [-0.2, -0.15) is 12.7 Å². The first-order valence-electron chi connectivity index (χ1n) is 5.94. The Balaban J connectivity index is 2.40. The summed E-state index contributed by atoms with van der Waals surface area (Å²) in [5, 5.41) is 9.06. The van der Waals surface area contributed by atoms with Crippen molar-refractivity contribution in [2.75, 3.05) is 40.0 Å². The topological polar surface area (TPSA) is 78.9 Å². The summed E-state index contributed by atoms with van der Waals surface area (Å²) in [6.45, 7) is 1.93. The summed E-state index contributed by atoms with van der Waals surface area (Å²) in [6.07, 6.45) is 2.36. The lowest BCUT2D eigenvalue weighted by Crippen LogP contribution is -2.46. The van der Waals surface area contributed by atoms with Crippen LogP contribution in [0.25, 0.3) is 0 Å². The van der Waals surface area contributed by atoms with Gasteiger partial charge in [-0.05, 0) is 25.2 Å². The van der Waals surface area contributed by atoms with Gasteiger partial charge >= 0.3 is 0 Å². The first-order valence-corrected chi connectivity index (χ1v) is 7.38. The van der Waals surface area contributed by atoms with E-state index in [9.17, 15) is 8.42 Å². The lowest BCUT2D eigenvalue weighted by Gasteiger charge is -2.30. The highest BCUT2D eigenvalue weighted by molar-refractivity contribution is 7.87. The number of aliphatic hydroxyl groups excluding tert-OH is 1. The molecule has 1 rings (SSSR count). The van der Waals surface area contributed by atoms with Crippen LogP contribution in [0.3, 0.4) is 0 Å². The van der Waals surface area contributed by atoms with Crippen molar-refractivity contribution in [3.63, 3.8) is 0 Å². The number of hydrogen-bond acceptors (Lipinski definition) is 4. The van der Waals surface area contributed by atoms with Gasteiger partial charge in [0.2, 0.25) is 0 Å². The highest BCUT2D eigenvalue weighted by atomic mass is 32.2. The molecule has 1 unspecified atom stereocenters. The molecule has 17 heavy (non-hydrogen) atoms. The fourth-order valence-corrected chi connectivity index (χ4v) is 3.26. The van der Waals surface area contributed by atoms with E-state index in [1.807, 2.05) is 0 Å². The van der Waals surface area contributed by atoms with Gasteiger partial charge in [0.05, 0.1) is 0 Å². The summed E-state index contributed by atoms with van der Waals surface area (Å²) in [4.78, 5) is 0. The first-order chi connectivity index (χ1) is 8.10. The molecule has 0 aliphatic carbocycles. The molecule has 2 N–H and O–H groups in total. The third-order valence-corrected chi connectivity index (χ3v) is 4.47. The zero-order valence-corrected chi connectivity index (χ0v) is 11.1. The summed E-state index contributed by atoms with van der Waals surface area (Å²) in [7, 11) is -1.80. The normalized spacial score (nSPS) is 22.8. The molecular weight excluding hydrogens is 244 g/mol. The average Bonchev–Trinajstić information content (AvgIpc) is 2.35. The molecule has 1 fully saturated rings. The first kappa shape index (κ1) is 14.8. The summed E-state index contributed by atoms with van der Waals surface area (Å²) >= 11 is 0. The van der Waals surface area contributed by atoms with E-state index in [2.05, 4.69) is 4.72 Å². The Bertz CT molecular complexity index is 307. The van der Waals surface area contributed by atoms with Crippen LogP contribution in [0.4, 0.5) is 0 Å². The van der Waals surface area contributed by atoms with Crippen molar-refractivity contribution < 1.29 is 18.3 Å². The van der Waals surface area contributed by atoms with Crippen LogP contribution in [-0.2, 0) is 14.9 Å². The van der Waals surface area contributed by atoms with Crippen LogP contribution < -0.4 is 4.72 Å². The molecule has 0 amide bonds. The fraction of sp³-hybridized carbons (Fsp3) is 1.00. The van der Waals surface area contributed by atoms with Crippen LogP contribution in [0, 0.1) is 5.92 Å². The molecule has 0 aromatic carbocycles. The van der Waals surface area contributed by atoms with E-state index in [4.69, 9.17) is 9.84 Å². The van der Waals surface area contributed by atoms with Gasteiger partial charge in [-0.3, -0.25) is 0 Å². The Labute approximate surface area is 103 Å². The zero-order chi connectivity index (χ0) is 12.7. The van der Waals surface area contributed by atoms with Crippen molar-refractivity contribution in [1.82, 2.24) is 9.03 Å². The van der Waals surface area contributed by atoms with Crippen molar-refractivity contribution >= 4 is 10.2 Å². The highest BCUT2D eigenvalue weighted by Gasteiger charge is 2.27. The molecule has 6 nitrogen and oxygen atoms in total. The third-order valence-electron chi connectivity index (χ3n) is 2.89. The van der Waals surface area contributed by atoms with E-state index in [1.54, 1.807) is 7.11 Å². The van der Waals surface area contributed by atoms with Crippen LogP contribution in [0.15, 0.2) is 0 Å². The molecule has 0 aromatic heterocycles. The van der Waals surface area contributed by atoms with Crippen LogP contribution in [-0.4, -0.2) is 57.8 Å². The molecule has 1 atom stereocenters. The van der Waals surface area contributed by atoms with E-state index < -0.39 is 10.2 Å². The van der Waals surface area contributed by atoms with Gasteiger partial charge < -0.3 is 9.84 Å². The minimum Gasteiger partial charge on any atom is -0.396 e. The summed E-state index contributed by atoms with van der Waals surface area (Å²) < 4.78 is 32.6. The molecule has 1 saturated heterocycles. The Morgan fingerprint density at radius 3 is 2.94 bits per heavy atom. The number of aliphatic hydroxyl groups is 1. The second-order valence-electron chi connectivity index (χ2n) is 4.29. The molecule has 0 aromatic rings. The maximum atomic E-state index is 11.9. The number of piperidine rings is 1. The number of rotatable bonds is 7. The number of methoxy groups -OCH3 is 1. The predicted octanol–water partition coefficient (Wildman–Crippen LogP) is -0.438. The maximum Gasteiger partial charge on any atom is 0.279 e. The molecular formula is C10H22N2O4S. The molecule has 0 saturated carbocycles. The SMILES string of the molecule is COCCCNS(=O)(=O)N1CCCC(CO)C1. The number of hydrogen-bond donors (Lipinski definition) is 2. The third kappa shape index (κ3) is 4.89. The van der Waals surface area contributed by atoms with Gasteiger partial charge in [-0.25, -0.2) is 4.72 Å². The molecule has 0 bridgehead atoms. The monoisotopic (exact) mass is 266 g/mol. The van der Waals surface area contributed by atoms with Gasteiger partial charge in [-0.1, -0.05) is 0 Å². The molecule has 1 aliphatic heterocycles. The number of ether oxygens (including phenoxy) is 1. The smallest absolute Gasteiger partial charge is 0.279 e. The lowest BCUT2D eigenvalue weighted by atomic mass is 10.0. The Morgan fingerprint density at radius 1 is 1.53 bits per heavy atom. The van der Waals surface area contributed by atoms with Crippen LogP contribution in [0.2, 0.25) is 0 Å². The molecule has 1 aliphatic rings. The van der Waals surface area contributed by atoms with Gasteiger partial charge in [0.1, 0.15) is 0 Å². The Hall–Kier alpha value is -0.210. The number of nitrogens with zero attached hydrogens (tertiary/aromatic N) is 1. The van der Waals surface area contributed by atoms with Crippen molar-refractivity contribution in [2.45, 2.75) is 19.3 Å². The quantitative estimate of drug-likeness (QED) is 0.612. The summed E-state index contributed by atoms with van der Waals surface area (Å²) in [5.41, 5.74) is 0. The average molecular weight is 266 g/mol. The molecule has 0 radical (unpaired) electrons. The van der Waals surface area contributed by atoms with E-state index in [0.717, 1.165) is 12.8 Å². The van der Waals surface area contributed by atoms with Crippen LogP contribution >= 0.6 is 0 Å². The van der Waals surface area contributed by atoms with Gasteiger partial charge in [-0.15, -0.1) is 0 Å². The van der Waals surface area contributed by atoms with Gasteiger partial charge in [0.15, 0.2) is 0 Å². The van der Waals surface area contributed by atoms with Gasteiger partial charge in [0.25, 0.3) is 10.2 Å². The van der Waals surface area contributed by atoms with Crippen molar-refractivity contribution in [3.05, 3.63) is 0 Å². The number of nitrogens with one attached hydrogen (secondary N) is 1. The zero-order valence-electron chi connectivity index (χ0n) is 10.3. The molecule has 102 valence electrons. The fourth-order valence-electron chi connectivity index (χ4n) is 1.90. The second-order valence-corrected chi connectivity index (χ2v) is 6.05. The van der Waals surface area contributed by atoms with Crippen molar-refractivity contribution in [3.8, 4) is 0 Å².